The van der Waals surface area contributed by atoms with Gasteiger partial charge in [-0.15, -0.1) is 11.8 Å². The molecule has 4 atom stereocenters. The summed E-state index contributed by atoms with van der Waals surface area (Å²) in [5.41, 5.74) is 2.22. The summed E-state index contributed by atoms with van der Waals surface area (Å²) in [6.07, 6.45) is 4.48. The van der Waals surface area contributed by atoms with E-state index in [1.54, 1.807) is 16.7 Å². The fraction of sp³-hybridized carbons (Fsp3) is 0.400. The minimum absolute atomic E-state index is 0.0697. The van der Waals surface area contributed by atoms with Crippen molar-refractivity contribution in [2.75, 3.05) is 11.2 Å². The number of anilines is 1. The summed E-state index contributed by atoms with van der Waals surface area (Å²) in [5.74, 6) is 0.891. The predicted molar refractivity (Wildman–Crippen MR) is 121 cm³/mol. The van der Waals surface area contributed by atoms with Crippen LogP contribution >= 0.6 is 11.8 Å². The number of amides is 1. The van der Waals surface area contributed by atoms with Gasteiger partial charge in [0.15, 0.2) is 11.5 Å². The molecule has 1 saturated carbocycles. The van der Waals surface area contributed by atoms with Crippen molar-refractivity contribution in [3.05, 3.63) is 65.1 Å². The molecule has 160 valence electrons. The van der Waals surface area contributed by atoms with Gasteiger partial charge in [-0.25, -0.2) is 4.98 Å². The van der Waals surface area contributed by atoms with Crippen molar-refractivity contribution in [3.8, 4) is 0 Å². The molecular weight excluding hydrogens is 408 g/mol. The molecule has 1 aliphatic carbocycles. The molecule has 5 rings (SSSR count). The Hall–Kier alpha value is -2.60. The van der Waals surface area contributed by atoms with Crippen LogP contribution < -0.4 is 4.90 Å². The average molecular weight is 435 g/mol. The van der Waals surface area contributed by atoms with E-state index in [-0.39, 0.29) is 29.5 Å². The van der Waals surface area contributed by atoms with E-state index in [4.69, 9.17) is 4.74 Å². The number of Topliss-reactive ketones (excluding diaryl/α,β-unsaturated/α-hetero) is 1. The lowest BCUT2D eigenvalue weighted by atomic mass is 9.74. The van der Waals surface area contributed by atoms with Crippen LogP contribution in [-0.2, 0) is 14.3 Å². The number of pyridine rings is 1. The Labute approximate surface area is 186 Å². The van der Waals surface area contributed by atoms with Crippen molar-refractivity contribution >= 4 is 29.3 Å². The minimum Gasteiger partial charge on any atom is -0.483 e. The largest absolute Gasteiger partial charge is 0.483 e. The third-order valence-electron chi connectivity index (χ3n) is 6.66. The van der Waals surface area contributed by atoms with E-state index in [2.05, 4.69) is 11.9 Å². The maximum atomic E-state index is 13.7. The van der Waals surface area contributed by atoms with Crippen LogP contribution in [0.1, 0.15) is 43.5 Å². The number of thioether (sulfide) groups is 1. The van der Waals surface area contributed by atoms with Crippen molar-refractivity contribution in [3.63, 3.8) is 0 Å². The first-order valence-corrected chi connectivity index (χ1v) is 12.1. The highest BCUT2D eigenvalue weighted by Crippen LogP contribution is 2.48. The lowest BCUT2D eigenvalue weighted by Crippen LogP contribution is -2.41. The van der Waals surface area contributed by atoms with Crippen molar-refractivity contribution in [2.45, 2.75) is 50.2 Å². The Kier molecular flexibility index (Phi) is 5.13. The fourth-order valence-electron chi connectivity index (χ4n) is 5.08. The minimum atomic E-state index is -0.515. The van der Waals surface area contributed by atoms with Crippen molar-refractivity contribution in [1.29, 1.82) is 0 Å². The van der Waals surface area contributed by atoms with E-state index in [9.17, 15) is 9.59 Å². The number of rotatable bonds is 3. The van der Waals surface area contributed by atoms with Crippen LogP contribution in [0.25, 0.3) is 0 Å². The van der Waals surface area contributed by atoms with Gasteiger partial charge in [0.05, 0.1) is 17.5 Å². The molecule has 4 unspecified atom stereocenters. The molecule has 2 aromatic rings. The lowest BCUT2D eigenvalue weighted by Gasteiger charge is -2.37. The number of fused-ring (bicyclic) bond motifs is 1. The molecule has 1 fully saturated rings. The molecular formula is C25H26N2O3S. The summed E-state index contributed by atoms with van der Waals surface area (Å²) in [5, 5.41) is 0. The monoisotopic (exact) mass is 434 g/mol. The van der Waals surface area contributed by atoms with Crippen LogP contribution in [0.2, 0.25) is 0 Å². The molecule has 1 aromatic carbocycles. The van der Waals surface area contributed by atoms with Crippen LogP contribution in [0.15, 0.2) is 58.7 Å². The van der Waals surface area contributed by atoms with Crippen LogP contribution in [-0.4, -0.2) is 29.0 Å². The maximum Gasteiger partial charge on any atom is 0.295 e. The van der Waals surface area contributed by atoms with Gasteiger partial charge < -0.3 is 4.74 Å². The number of aryl methyl sites for hydroxylation is 1. The first-order valence-electron chi connectivity index (χ1n) is 10.8. The first-order chi connectivity index (χ1) is 15.0. The van der Waals surface area contributed by atoms with Gasteiger partial charge in [0, 0.05) is 10.6 Å². The number of nitrogens with zero attached hydrogens (tertiary/aromatic N) is 2. The standard InChI is InChI=1S/C25H26N2O3S/c1-14-7-12-19-18(13-14)23(28)21-22(16-8-10-17(31-3)11-9-16)27(25(29)24(21)30-19)20-6-4-5-15(2)26-20/h4-6,8-11,14,18-19,22H,7,12-13H2,1-3H3. The van der Waals surface area contributed by atoms with Crippen molar-refractivity contribution in [2.24, 2.45) is 11.8 Å². The summed E-state index contributed by atoms with van der Waals surface area (Å²) in [6.45, 7) is 4.09. The van der Waals surface area contributed by atoms with Gasteiger partial charge in [-0.3, -0.25) is 14.5 Å². The molecule has 6 heteroatoms. The number of carbonyl (C=O) groups excluding carboxylic acids is 2. The summed E-state index contributed by atoms with van der Waals surface area (Å²) < 4.78 is 6.26. The fourth-order valence-corrected chi connectivity index (χ4v) is 5.49. The third-order valence-corrected chi connectivity index (χ3v) is 7.41. The second kappa shape index (κ2) is 7.83. The maximum absolute atomic E-state index is 13.7. The predicted octanol–water partition coefficient (Wildman–Crippen LogP) is 4.86. The normalized spacial score (nSPS) is 27.8. The molecule has 2 aliphatic heterocycles. The van der Waals surface area contributed by atoms with E-state index in [0.29, 0.717) is 17.3 Å². The number of benzene rings is 1. The molecule has 3 heterocycles. The first kappa shape index (κ1) is 20.3. The second-order valence-electron chi connectivity index (χ2n) is 8.78. The Morgan fingerprint density at radius 2 is 1.87 bits per heavy atom. The topological polar surface area (TPSA) is 59.5 Å². The van der Waals surface area contributed by atoms with Gasteiger partial charge in [0.25, 0.3) is 5.91 Å². The summed E-state index contributed by atoms with van der Waals surface area (Å²) in [7, 11) is 0. The van der Waals surface area contributed by atoms with Crippen molar-refractivity contribution in [1.82, 2.24) is 4.98 Å². The van der Waals surface area contributed by atoms with Crippen LogP contribution in [0, 0.1) is 18.8 Å². The number of aromatic nitrogens is 1. The average Bonchev–Trinajstić information content (AvgIpc) is 3.07. The van der Waals surface area contributed by atoms with Gasteiger partial charge in [-0.1, -0.05) is 25.1 Å². The number of carbonyl (C=O) groups is 2. The SMILES string of the molecule is CSc1ccc(C2C3=C(OC4CCC(C)CC4C3=O)C(=O)N2c2cccc(C)n2)cc1. The van der Waals surface area contributed by atoms with Crippen LogP contribution in [0.5, 0.6) is 0 Å². The van der Waals surface area contributed by atoms with Gasteiger partial charge in [-0.05, 0) is 68.2 Å². The molecule has 0 spiro atoms. The Morgan fingerprint density at radius 1 is 1.10 bits per heavy atom. The van der Waals surface area contributed by atoms with Gasteiger partial charge in [0.1, 0.15) is 11.9 Å². The Bertz CT molecular complexity index is 1080. The number of hydrogen-bond acceptors (Lipinski definition) is 5. The molecule has 1 aromatic heterocycles. The highest BCUT2D eigenvalue weighted by atomic mass is 32.2. The van der Waals surface area contributed by atoms with E-state index < -0.39 is 6.04 Å². The van der Waals surface area contributed by atoms with Crippen molar-refractivity contribution < 1.29 is 14.3 Å². The van der Waals surface area contributed by atoms with E-state index >= 15 is 0 Å². The van der Waals surface area contributed by atoms with Gasteiger partial charge in [0.2, 0.25) is 0 Å². The molecule has 0 bridgehead atoms. The quantitative estimate of drug-likeness (QED) is 0.646. The smallest absolute Gasteiger partial charge is 0.295 e. The molecule has 0 saturated heterocycles. The van der Waals surface area contributed by atoms with E-state index in [0.717, 1.165) is 35.4 Å². The van der Waals surface area contributed by atoms with Crippen LogP contribution in [0.4, 0.5) is 5.82 Å². The Morgan fingerprint density at radius 3 is 2.58 bits per heavy atom. The lowest BCUT2D eigenvalue weighted by molar-refractivity contribution is -0.132. The zero-order chi connectivity index (χ0) is 21.7. The summed E-state index contributed by atoms with van der Waals surface area (Å²) in [4.78, 5) is 34.7. The molecule has 5 nitrogen and oxygen atoms in total. The number of ketones is 1. The molecule has 0 N–H and O–H groups in total. The highest BCUT2D eigenvalue weighted by Gasteiger charge is 2.53. The van der Waals surface area contributed by atoms with Gasteiger partial charge >= 0.3 is 0 Å². The molecule has 3 aliphatic rings. The molecule has 1 amide bonds. The van der Waals surface area contributed by atoms with E-state index in [1.807, 2.05) is 55.6 Å². The van der Waals surface area contributed by atoms with Gasteiger partial charge in [-0.2, -0.15) is 0 Å². The summed E-state index contributed by atoms with van der Waals surface area (Å²) in [6, 6.07) is 13.2. The Balaban J connectivity index is 1.64. The van der Waals surface area contributed by atoms with Crippen LogP contribution in [0.3, 0.4) is 0 Å². The third kappa shape index (κ3) is 3.37. The zero-order valence-corrected chi connectivity index (χ0v) is 18.8. The summed E-state index contributed by atoms with van der Waals surface area (Å²) >= 11 is 1.66. The van der Waals surface area contributed by atoms with E-state index in [1.165, 1.54) is 0 Å². The number of hydrogen-bond donors (Lipinski definition) is 0. The second-order valence-corrected chi connectivity index (χ2v) is 9.66. The molecule has 31 heavy (non-hydrogen) atoms. The zero-order valence-electron chi connectivity index (χ0n) is 18.0. The number of ether oxygens (including phenoxy) is 1. The highest BCUT2D eigenvalue weighted by molar-refractivity contribution is 7.98. The molecule has 0 radical (unpaired) electrons.